The van der Waals surface area contributed by atoms with Gasteiger partial charge in [0.25, 0.3) is 0 Å². The van der Waals surface area contributed by atoms with Crippen LogP contribution in [0.1, 0.15) is 24.0 Å². The van der Waals surface area contributed by atoms with Crippen LogP contribution in [0.4, 0.5) is 0 Å². The molecule has 0 aromatic heterocycles. The van der Waals surface area contributed by atoms with E-state index >= 15 is 0 Å². The van der Waals surface area contributed by atoms with E-state index in [0.717, 1.165) is 19.6 Å². The van der Waals surface area contributed by atoms with E-state index < -0.39 is 0 Å². The van der Waals surface area contributed by atoms with Crippen LogP contribution in [0.3, 0.4) is 0 Å². The van der Waals surface area contributed by atoms with E-state index in [1.807, 2.05) is 0 Å². The maximum atomic E-state index is 5.92. The molecule has 1 fully saturated rings. The zero-order valence-corrected chi connectivity index (χ0v) is 11.4. The van der Waals surface area contributed by atoms with Gasteiger partial charge >= 0.3 is 0 Å². The normalized spacial score (nSPS) is 21.4. The third kappa shape index (κ3) is 3.10. The lowest BCUT2D eigenvalue weighted by Gasteiger charge is -2.31. The molecule has 1 aliphatic rings. The number of hydrogen-bond acceptors (Lipinski definition) is 3. The number of aryl methyl sites for hydroxylation is 1. The van der Waals surface area contributed by atoms with E-state index in [-0.39, 0.29) is 0 Å². The van der Waals surface area contributed by atoms with Crippen molar-refractivity contribution in [3.63, 3.8) is 0 Å². The Kier molecular flexibility index (Phi) is 4.75. The molecule has 2 rings (SSSR count). The average Bonchev–Trinajstić information content (AvgIpc) is 2.87. The highest BCUT2D eigenvalue weighted by Crippen LogP contribution is 2.20. The van der Waals surface area contributed by atoms with Crippen LogP contribution in [0, 0.1) is 6.92 Å². The Morgan fingerprint density at radius 3 is 2.83 bits per heavy atom. The molecule has 0 spiro atoms. The molecule has 1 aromatic carbocycles. The molecule has 100 valence electrons. The second-order valence-corrected chi connectivity index (χ2v) is 5.20. The van der Waals surface area contributed by atoms with Crippen molar-refractivity contribution in [3.8, 4) is 0 Å². The predicted octanol–water partition coefficient (Wildman–Crippen LogP) is 1.93. The minimum absolute atomic E-state index is 0.309. The number of ether oxygens (including phenoxy) is 1. The molecule has 0 amide bonds. The summed E-state index contributed by atoms with van der Waals surface area (Å²) >= 11 is 0. The number of hydrogen-bond donors (Lipinski definition) is 1. The molecule has 1 saturated heterocycles. The summed E-state index contributed by atoms with van der Waals surface area (Å²) in [6.45, 7) is 4.65. The molecule has 2 atom stereocenters. The van der Waals surface area contributed by atoms with E-state index in [9.17, 15) is 0 Å². The Morgan fingerprint density at radius 1 is 1.44 bits per heavy atom. The van der Waals surface area contributed by atoms with Crippen molar-refractivity contribution in [3.05, 3.63) is 35.4 Å². The zero-order chi connectivity index (χ0) is 13.0. The summed E-state index contributed by atoms with van der Waals surface area (Å²) in [5.74, 6) is 0. The highest BCUT2D eigenvalue weighted by atomic mass is 16.5. The summed E-state index contributed by atoms with van der Waals surface area (Å²) in [5.41, 5.74) is 8.64. The summed E-state index contributed by atoms with van der Waals surface area (Å²) in [7, 11) is 2.14. The quantitative estimate of drug-likeness (QED) is 0.865. The van der Waals surface area contributed by atoms with Gasteiger partial charge in [-0.25, -0.2) is 0 Å². The molecule has 18 heavy (non-hydrogen) atoms. The number of rotatable bonds is 5. The van der Waals surface area contributed by atoms with E-state index in [0.29, 0.717) is 18.7 Å². The summed E-state index contributed by atoms with van der Waals surface area (Å²) in [5, 5.41) is 0. The summed E-state index contributed by atoms with van der Waals surface area (Å²) < 4.78 is 5.77. The highest BCUT2D eigenvalue weighted by Gasteiger charge is 2.28. The minimum atomic E-state index is 0.309. The van der Waals surface area contributed by atoms with E-state index in [1.54, 1.807) is 0 Å². The lowest BCUT2D eigenvalue weighted by atomic mass is 10.0. The first kappa shape index (κ1) is 13.5. The monoisotopic (exact) mass is 248 g/mol. The fourth-order valence-electron chi connectivity index (χ4n) is 2.70. The van der Waals surface area contributed by atoms with Crippen molar-refractivity contribution >= 4 is 0 Å². The third-order valence-electron chi connectivity index (χ3n) is 3.88. The predicted molar refractivity (Wildman–Crippen MR) is 74.5 cm³/mol. The molecule has 1 aromatic rings. The maximum absolute atomic E-state index is 5.92. The molecule has 3 nitrogen and oxygen atoms in total. The van der Waals surface area contributed by atoms with Crippen LogP contribution in [-0.4, -0.2) is 37.2 Å². The second kappa shape index (κ2) is 6.32. The van der Waals surface area contributed by atoms with Gasteiger partial charge in [-0.1, -0.05) is 24.3 Å². The molecule has 0 bridgehead atoms. The van der Waals surface area contributed by atoms with Crippen LogP contribution < -0.4 is 5.73 Å². The lowest BCUT2D eigenvalue weighted by molar-refractivity contribution is 0.0346. The first-order chi connectivity index (χ1) is 8.72. The third-order valence-corrected chi connectivity index (χ3v) is 3.88. The molecule has 0 saturated carbocycles. The van der Waals surface area contributed by atoms with Gasteiger partial charge in [0.2, 0.25) is 0 Å². The molecule has 2 unspecified atom stereocenters. The Bertz CT molecular complexity index is 375. The molecule has 1 heterocycles. The second-order valence-electron chi connectivity index (χ2n) is 5.20. The van der Waals surface area contributed by atoms with E-state index in [4.69, 9.17) is 10.5 Å². The molecular formula is C15H24N2O. The zero-order valence-electron chi connectivity index (χ0n) is 11.4. The van der Waals surface area contributed by atoms with Crippen LogP contribution >= 0.6 is 0 Å². The van der Waals surface area contributed by atoms with Crippen LogP contribution in [-0.2, 0) is 11.3 Å². The Labute approximate surface area is 110 Å². The standard InChI is InChI=1S/C15H24N2O/c1-12-6-3-4-7-13(12)11-17(2)14(10-16)15-8-5-9-18-15/h3-4,6-7,14-15H,5,8-11,16H2,1-2H3. The van der Waals surface area contributed by atoms with Gasteiger partial charge in [0.05, 0.1) is 6.10 Å². The summed E-state index contributed by atoms with van der Waals surface area (Å²) in [4.78, 5) is 2.33. The van der Waals surface area contributed by atoms with Gasteiger partial charge in [-0.3, -0.25) is 4.90 Å². The number of benzene rings is 1. The van der Waals surface area contributed by atoms with Gasteiger partial charge in [-0.2, -0.15) is 0 Å². The van der Waals surface area contributed by atoms with Crippen LogP contribution in [0.25, 0.3) is 0 Å². The Morgan fingerprint density at radius 2 is 2.22 bits per heavy atom. The van der Waals surface area contributed by atoms with E-state index in [1.165, 1.54) is 17.5 Å². The van der Waals surface area contributed by atoms with Gasteiger partial charge < -0.3 is 10.5 Å². The van der Waals surface area contributed by atoms with E-state index in [2.05, 4.69) is 43.1 Å². The number of likely N-dealkylation sites (N-methyl/N-ethyl adjacent to an activating group) is 1. The van der Waals surface area contributed by atoms with Crippen molar-refractivity contribution < 1.29 is 4.74 Å². The minimum Gasteiger partial charge on any atom is -0.377 e. The molecule has 0 radical (unpaired) electrons. The van der Waals surface area contributed by atoms with Crippen molar-refractivity contribution in [1.29, 1.82) is 0 Å². The van der Waals surface area contributed by atoms with Crippen LogP contribution in [0.15, 0.2) is 24.3 Å². The van der Waals surface area contributed by atoms with Crippen LogP contribution in [0.5, 0.6) is 0 Å². The van der Waals surface area contributed by atoms with Gasteiger partial charge in [-0.15, -0.1) is 0 Å². The number of nitrogens with zero attached hydrogens (tertiary/aromatic N) is 1. The topological polar surface area (TPSA) is 38.5 Å². The fraction of sp³-hybridized carbons (Fsp3) is 0.600. The SMILES string of the molecule is Cc1ccccc1CN(C)C(CN)C1CCCO1. The molecule has 3 heteroatoms. The largest absolute Gasteiger partial charge is 0.377 e. The highest BCUT2D eigenvalue weighted by molar-refractivity contribution is 5.25. The first-order valence-corrected chi connectivity index (χ1v) is 6.78. The average molecular weight is 248 g/mol. The van der Waals surface area contributed by atoms with Crippen molar-refractivity contribution in [2.75, 3.05) is 20.2 Å². The Balaban J connectivity index is 2.01. The van der Waals surface area contributed by atoms with Gasteiger partial charge in [0.1, 0.15) is 0 Å². The van der Waals surface area contributed by atoms with Crippen molar-refractivity contribution in [2.24, 2.45) is 5.73 Å². The maximum Gasteiger partial charge on any atom is 0.0743 e. The van der Waals surface area contributed by atoms with Crippen molar-refractivity contribution in [1.82, 2.24) is 4.90 Å². The van der Waals surface area contributed by atoms with Crippen LogP contribution in [0.2, 0.25) is 0 Å². The first-order valence-electron chi connectivity index (χ1n) is 6.78. The molecule has 1 aliphatic heterocycles. The fourth-order valence-corrected chi connectivity index (χ4v) is 2.70. The van der Waals surface area contributed by atoms with Gasteiger partial charge in [-0.05, 0) is 37.9 Å². The summed E-state index contributed by atoms with van der Waals surface area (Å²) in [6, 6.07) is 8.85. The molecular weight excluding hydrogens is 224 g/mol. The molecule has 0 aliphatic carbocycles. The smallest absolute Gasteiger partial charge is 0.0743 e. The Hall–Kier alpha value is -0.900. The summed E-state index contributed by atoms with van der Waals surface area (Å²) in [6.07, 6.45) is 2.61. The lowest BCUT2D eigenvalue weighted by Crippen LogP contribution is -2.45. The van der Waals surface area contributed by atoms with Crippen molar-refractivity contribution in [2.45, 2.75) is 38.5 Å². The van der Waals surface area contributed by atoms with Gasteiger partial charge in [0, 0.05) is 25.7 Å². The number of nitrogens with two attached hydrogens (primary N) is 1. The molecule has 2 N–H and O–H groups in total. The van der Waals surface area contributed by atoms with Gasteiger partial charge in [0.15, 0.2) is 0 Å².